The molecule has 0 saturated carbocycles. The van der Waals surface area contributed by atoms with Crippen molar-refractivity contribution in [3.8, 4) is 5.75 Å². The minimum absolute atomic E-state index is 0.0205. The molecule has 0 bridgehead atoms. The van der Waals surface area contributed by atoms with Gasteiger partial charge < -0.3 is 5.11 Å². The summed E-state index contributed by atoms with van der Waals surface area (Å²) >= 11 is 0. The summed E-state index contributed by atoms with van der Waals surface area (Å²) in [6.45, 7) is 5.97. The van der Waals surface area contributed by atoms with Crippen molar-refractivity contribution in [3.63, 3.8) is 0 Å². The van der Waals surface area contributed by atoms with Gasteiger partial charge in [0.1, 0.15) is 0 Å². The Morgan fingerprint density at radius 1 is 1.00 bits per heavy atom. The smallest absolute Gasteiger partial charge is 0.345 e. The molecule has 3 nitrogen and oxygen atoms in total. The largest absolute Gasteiger partial charge is 0.872 e. The maximum Gasteiger partial charge on any atom is 0.345 e. The van der Waals surface area contributed by atoms with Crippen molar-refractivity contribution < 1.29 is 14.4 Å². The Labute approximate surface area is 129 Å². The van der Waals surface area contributed by atoms with Gasteiger partial charge in [-0.25, -0.2) is 4.79 Å². The molecule has 0 heterocycles. The zero-order valence-electron chi connectivity index (χ0n) is 13.7. The van der Waals surface area contributed by atoms with Crippen molar-refractivity contribution in [2.24, 2.45) is 0 Å². The first-order chi connectivity index (χ1) is 10.0. The normalized spacial score (nSPS) is 11.6. The molecule has 1 aromatic carbocycles. The van der Waals surface area contributed by atoms with Crippen LogP contribution in [-0.4, -0.2) is 30.5 Å². The highest BCUT2D eigenvalue weighted by atomic mass is 16.3. The second-order valence-electron chi connectivity index (χ2n) is 6.06. The first kappa shape index (κ1) is 17.7. The fraction of sp³-hybridized carbons (Fsp3) is 0.611. The number of hydrogen-bond acceptors (Lipinski definition) is 2. The average molecular weight is 291 g/mol. The van der Waals surface area contributed by atoms with Crippen molar-refractivity contribution in [3.05, 3.63) is 29.8 Å². The van der Waals surface area contributed by atoms with Crippen LogP contribution >= 0.6 is 0 Å². The van der Waals surface area contributed by atoms with Crippen LogP contribution in [0.3, 0.4) is 0 Å². The lowest BCUT2D eigenvalue weighted by molar-refractivity contribution is -0.829. The van der Waals surface area contributed by atoms with Crippen molar-refractivity contribution in [1.29, 1.82) is 0 Å². The number of unbranched alkanes of at least 4 members (excludes halogenated alkanes) is 4. The molecular formula is C18H29NO2. The Kier molecular flexibility index (Phi) is 7.44. The van der Waals surface area contributed by atoms with Gasteiger partial charge in [0.2, 0.25) is 0 Å². The summed E-state index contributed by atoms with van der Waals surface area (Å²) in [6, 6.07) is 6.62. The van der Waals surface area contributed by atoms with Gasteiger partial charge in [-0.3, -0.25) is 4.48 Å². The molecule has 0 unspecified atom stereocenters. The number of carbonyl (C=O) groups excluding carboxylic acids is 1. The Morgan fingerprint density at radius 2 is 1.52 bits per heavy atom. The van der Waals surface area contributed by atoms with Gasteiger partial charge in [-0.1, -0.05) is 50.6 Å². The van der Waals surface area contributed by atoms with Gasteiger partial charge in [0.15, 0.2) is 0 Å². The van der Waals surface area contributed by atoms with Gasteiger partial charge in [0, 0.05) is 0 Å². The SMILES string of the molecule is CCCCC[N+](C)(CCCCC)C(=O)c1ccccc1[O-]. The summed E-state index contributed by atoms with van der Waals surface area (Å²) in [5.41, 5.74) is 0.341. The number of amides is 1. The quantitative estimate of drug-likeness (QED) is 0.514. The molecule has 0 aromatic heterocycles. The molecule has 0 atom stereocenters. The molecule has 0 aliphatic heterocycles. The van der Waals surface area contributed by atoms with Crippen LogP contribution in [0.4, 0.5) is 0 Å². The van der Waals surface area contributed by atoms with Gasteiger partial charge in [0.25, 0.3) is 0 Å². The van der Waals surface area contributed by atoms with Crippen LogP contribution in [0.25, 0.3) is 0 Å². The van der Waals surface area contributed by atoms with Gasteiger partial charge in [-0.15, -0.1) is 0 Å². The molecular weight excluding hydrogens is 262 g/mol. The van der Waals surface area contributed by atoms with Crippen molar-refractivity contribution in [2.45, 2.75) is 52.4 Å². The third-order valence-corrected chi connectivity index (χ3v) is 4.12. The zero-order chi connectivity index (χ0) is 15.7. The first-order valence-corrected chi connectivity index (χ1v) is 8.20. The summed E-state index contributed by atoms with van der Waals surface area (Å²) in [4.78, 5) is 12.8. The van der Waals surface area contributed by atoms with Crippen molar-refractivity contribution in [2.75, 3.05) is 20.1 Å². The Balaban J connectivity index is 2.88. The van der Waals surface area contributed by atoms with E-state index in [1.165, 1.54) is 6.07 Å². The number of quaternary nitrogens is 1. The molecule has 0 aliphatic rings. The highest BCUT2D eigenvalue weighted by molar-refractivity contribution is 5.91. The van der Waals surface area contributed by atoms with Crippen LogP contribution in [-0.2, 0) is 0 Å². The molecule has 0 N–H and O–H groups in total. The summed E-state index contributed by atoms with van der Waals surface area (Å²) in [7, 11) is 1.99. The van der Waals surface area contributed by atoms with E-state index >= 15 is 0 Å². The molecule has 0 aliphatic carbocycles. The Morgan fingerprint density at radius 3 is 2.00 bits per heavy atom. The van der Waals surface area contributed by atoms with Crippen LogP contribution in [0.1, 0.15) is 62.7 Å². The number of carbonyl (C=O) groups is 1. The molecule has 21 heavy (non-hydrogen) atoms. The number of nitrogens with zero attached hydrogens (tertiary/aromatic N) is 1. The van der Waals surface area contributed by atoms with Gasteiger partial charge in [-0.05, 0) is 31.7 Å². The minimum atomic E-state index is -0.155. The standard InChI is InChI=1S/C18H29NO2/c1-4-6-10-14-19(3,15-11-7-5-2)18(21)16-12-8-9-13-17(16)20/h8-9,12-13H,4-7,10-11,14-15H2,1-3H3. The maximum atomic E-state index is 12.8. The van der Waals surface area contributed by atoms with E-state index in [9.17, 15) is 9.90 Å². The number of rotatable bonds is 9. The average Bonchev–Trinajstić information content (AvgIpc) is 2.47. The molecule has 0 radical (unpaired) electrons. The lowest BCUT2D eigenvalue weighted by atomic mass is 10.1. The van der Waals surface area contributed by atoms with E-state index in [0.717, 1.165) is 51.6 Å². The Hall–Kier alpha value is -1.35. The number of benzene rings is 1. The monoisotopic (exact) mass is 291 g/mol. The van der Waals surface area contributed by atoms with E-state index < -0.39 is 0 Å². The molecule has 0 spiro atoms. The van der Waals surface area contributed by atoms with Crippen molar-refractivity contribution >= 4 is 5.91 Å². The van der Waals surface area contributed by atoms with Crippen LogP contribution in [0, 0.1) is 0 Å². The van der Waals surface area contributed by atoms with E-state index in [-0.39, 0.29) is 11.7 Å². The van der Waals surface area contributed by atoms with Gasteiger partial charge >= 0.3 is 5.91 Å². The van der Waals surface area contributed by atoms with Crippen molar-refractivity contribution in [1.82, 2.24) is 0 Å². The first-order valence-electron chi connectivity index (χ1n) is 8.20. The van der Waals surface area contributed by atoms with Gasteiger partial charge in [0.05, 0.1) is 25.7 Å². The van der Waals surface area contributed by atoms with Crippen LogP contribution in [0.5, 0.6) is 5.75 Å². The summed E-state index contributed by atoms with van der Waals surface area (Å²) in [5.74, 6) is -0.175. The summed E-state index contributed by atoms with van der Waals surface area (Å²) in [6.07, 6.45) is 6.61. The third-order valence-electron chi connectivity index (χ3n) is 4.12. The second-order valence-corrected chi connectivity index (χ2v) is 6.06. The van der Waals surface area contributed by atoms with E-state index in [4.69, 9.17) is 0 Å². The number of para-hydroxylation sites is 1. The molecule has 118 valence electrons. The summed E-state index contributed by atoms with van der Waals surface area (Å²) in [5, 5.41) is 11.9. The van der Waals surface area contributed by atoms with E-state index in [1.807, 2.05) is 7.05 Å². The molecule has 1 rings (SSSR count). The molecule has 3 heteroatoms. The highest BCUT2D eigenvalue weighted by Crippen LogP contribution is 2.21. The van der Waals surface area contributed by atoms with E-state index in [1.54, 1.807) is 18.2 Å². The predicted octanol–water partition coefficient (Wildman–Crippen LogP) is 3.73. The minimum Gasteiger partial charge on any atom is -0.872 e. The lowest BCUT2D eigenvalue weighted by Crippen LogP contribution is -2.50. The van der Waals surface area contributed by atoms with E-state index in [0.29, 0.717) is 10.0 Å². The zero-order valence-corrected chi connectivity index (χ0v) is 13.7. The third kappa shape index (κ3) is 5.16. The molecule has 0 fully saturated rings. The lowest BCUT2D eigenvalue weighted by Gasteiger charge is -2.33. The maximum absolute atomic E-state index is 12.8. The fourth-order valence-corrected chi connectivity index (χ4v) is 2.67. The van der Waals surface area contributed by atoms with Crippen LogP contribution < -0.4 is 5.11 Å². The second kappa shape index (κ2) is 8.83. The molecule has 1 aromatic rings. The Bertz CT molecular complexity index is 433. The molecule has 0 saturated heterocycles. The molecule has 1 amide bonds. The van der Waals surface area contributed by atoms with Crippen LogP contribution in [0.15, 0.2) is 24.3 Å². The van der Waals surface area contributed by atoms with Crippen LogP contribution in [0.2, 0.25) is 0 Å². The van der Waals surface area contributed by atoms with Gasteiger partial charge in [-0.2, -0.15) is 0 Å². The predicted molar refractivity (Wildman–Crippen MR) is 85.2 cm³/mol. The number of hydrogen-bond donors (Lipinski definition) is 0. The fourth-order valence-electron chi connectivity index (χ4n) is 2.67. The van der Waals surface area contributed by atoms with E-state index in [2.05, 4.69) is 13.8 Å². The highest BCUT2D eigenvalue weighted by Gasteiger charge is 2.32. The summed E-state index contributed by atoms with van der Waals surface area (Å²) < 4.78 is 0.360. The topological polar surface area (TPSA) is 40.1 Å².